The molecular formula is C32H39F2N3O4. The second kappa shape index (κ2) is 11.3. The van der Waals surface area contributed by atoms with E-state index in [1.54, 1.807) is 0 Å². The molecule has 1 amide bonds. The number of rotatable bonds is 8. The first-order chi connectivity index (χ1) is 19.7. The fourth-order valence-electron chi connectivity index (χ4n) is 6.64. The molecule has 0 spiro atoms. The van der Waals surface area contributed by atoms with Gasteiger partial charge in [0.15, 0.2) is 5.58 Å². The SMILES string of the molecule is CC(C)N1CCC(O[C@H]2CCCC(F)(F)[C@@H]2NC(=O)Cc2cccc(-c3ccc4[nH]c(=O)oc4c3)c2C2CC2)CC1. The number of piperidine rings is 1. The Hall–Kier alpha value is -3.04. The minimum absolute atomic E-state index is 0.0211. The number of carbonyl (C=O) groups excluding carboxylic acids is 1. The van der Waals surface area contributed by atoms with Gasteiger partial charge in [-0.3, -0.25) is 9.78 Å². The summed E-state index contributed by atoms with van der Waals surface area (Å²) in [6, 6.07) is 10.5. The molecule has 2 aromatic carbocycles. The topological polar surface area (TPSA) is 87.6 Å². The molecule has 7 nitrogen and oxygen atoms in total. The van der Waals surface area contributed by atoms with Crippen LogP contribution in [0.4, 0.5) is 8.78 Å². The lowest BCUT2D eigenvalue weighted by molar-refractivity contribution is -0.157. The summed E-state index contributed by atoms with van der Waals surface area (Å²) in [7, 11) is 0. The van der Waals surface area contributed by atoms with Gasteiger partial charge in [0.05, 0.1) is 24.1 Å². The Kier molecular flexibility index (Phi) is 7.76. The number of fused-ring (bicyclic) bond motifs is 1. The summed E-state index contributed by atoms with van der Waals surface area (Å²) in [6.45, 7) is 6.12. The first-order valence-electron chi connectivity index (χ1n) is 15.0. The number of benzene rings is 2. The van der Waals surface area contributed by atoms with Crippen LogP contribution in [0.15, 0.2) is 45.6 Å². The Bertz CT molecular complexity index is 1450. The Morgan fingerprint density at radius 3 is 2.66 bits per heavy atom. The molecule has 1 aliphatic heterocycles. The number of hydrogen-bond acceptors (Lipinski definition) is 5. The summed E-state index contributed by atoms with van der Waals surface area (Å²) in [5, 5.41) is 2.72. The maximum Gasteiger partial charge on any atom is 0.417 e. The lowest BCUT2D eigenvalue weighted by Crippen LogP contribution is -2.58. The number of alkyl halides is 2. The number of ether oxygens (including phenoxy) is 1. The van der Waals surface area contributed by atoms with Gasteiger partial charge in [-0.1, -0.05) is 24.3 Å². The van der Waals surface area contributed by atoms with Crippen molar-refractivity contribution in [2.45, 2.75) is 101 Å². The molecule has 0 unspecified atom stereocenters. The summed E-state index contributed by atoms with van der Waals surface area (Å²) in [5.74, 6) is -3.63. The predicted octanol–water partition coefficient (Wildman–Crippen LogP) is 5.77. The first-order valence-corrected chi connectivity index (χ1v) is 15.0. The van der Waals surface area contributed by atoms with Crippen LogP contribution < -0.4 is 11.1 Å². The number of nitrogens with zero attached hydrogens (tertiary/aromatic N) is 1. The first kappa shape index (κ1) is 28.1. The van der Waals surface area contributed by atoms with E-state index < -0.39 is 29.7 Å². The van der Waals surface area contributed by atoms with Gasteiger partial charge >= 0.3 is 5.76 Å². The van der Waals surface area contributed by atoms with Gasteiger partial charge in [0, 0.05) is 25.6 Å². The highest BCUT2D eigenvalue weighted by Gasteiger charge is 2.49. The quantitative estimate of drug-likeness (QED) is 0.361. The second-order valence-electron chi connectivity index (χ2n) is 12.3. The fourth-order valence-corrected chi connectivity index (χ4v) is 6.64. The van der Waals surface area contributed by atoms with Crippen LogP contribution in [-0.4, -0.2) is 59.1 Å². The smallest absolute Gasteiger partial charge is 0.408 e. The summed E-state index contributed by atoms with van der Waals surface area (Å²) in [5.41, 5.74) is 4.87. The maximum atomic E-state index is 15.2. The van der Waals surface area contributed by atoms with Crippen LogP contribution in [0, 0.1) is 0 Å². The van der Waals surface area contributed by atoms with Gasteiger partial charge in [0.2, 0.25) is 5.91 Å². The molecular weight excluding hydrogens is 528 g/mol. The average molecular weight is 568 g/mol. The zero-order valence-corrected chi connectivity index (χ0v) is 23.8. The number of halogens is 2. The molecule has 3 aliphatic rings. The lowest BCUT2D eigenvalue weighted by Gasteiger charge is -2.42. The molecule has 9 heteroatoms. The molecule has 6 rings (SSSR count). The predicted molar refractivity (Wildman–Crippen MR) is 153 cm³/mol. The van der Waals surface area contributed by atoms with Gasteiger partial charge < -0.3 is 19.4 Å². The number of likely N-dealkylation sites (tertiary alicyclic amines) is 1. The van der Waals surface area contributed by atoms with Crippen molar-refractivity contribution in [2.24, 2.45) is 0 Å². The molecule has 1 saturated heterocycles. The van der Waals surface area contributed by atoms with Gasteiger partial charge in [0.25, 0.3) is 5.92 Å². The van der Waals surface area contributed by atoms with E-state index in [9.17, 15) is 9.59 Å². The van der Waals surface area contributed by atoms with Crippen molar-refractivity contribution in [1.82, 2.24) is 15.2 Å². The maximum absolute atomic E-state index is 15.2. The normalized spacial score (nSPS) is 23.7. The van der Waals surface area contributed by atoms with Crippen LogP contribution in [-0.2, 0) is 16.0 Å². The molecule has 0 bridgehead atoms. The monoisotopic (exact) mass is 567 g/mol. The van der Waals surface area contributed by atoms with Crippen LogP contribution in [0.3, 0.4) is 0 Å². The molecule has 220 valence electrons. The third-order valence-corrected chi connectivity index (χ3v) is 8.98. The van der Waals surface area contributed by atoms with Gasteiger partial charge in [-0.2, -0.15) is 0 Å². The van der Waals surface area contributed by atoms with E-state index in [-0.39, 0.29) is 18.9 Å². The molecule has 41 heavy (non-hydrogen) atoms. The molecule has 1 aromatic heterocycles. The third kappa shape index (κ3) is 6.11. The van der Waals surface area contributed by atoms with E-state index in [4.69, 9.17) is 9.15 Å². The van der Waals surface area contributed by atoms with E-state index in [0.717, 1.165) is 61.0 Å². The van der Waals surface area contributed by atoms with Crippen LogP contribution in [0.2, 0.25) is 0 Å². The minimum Gasteiger partial charge on any atom is -0.408 e. The number of aromatic nitrogens is 1. The number of carbonyl (C=O) groups is 1. The molecule has 2 heterocycles. The summed E-state index contributed by atoms with van der Waals surface area (Å²) < 4.78 is 42.0. The van der Waals surface area contributed by atoms with Crippen molar-refractivity contribution >= 4 is 17.0 Å². The summed E-state index contributed by atoms with van der Waals surface area (Å²) in [6.07, 6.45) is 3.57. The van der Waals surface area contributed by atoms with Crippen molar-refractivity contribution in [1.29, 1.82) is 0 Å². The zero-order valence-electron chi connectivity index (χ0n) is 23.8. The van der Waals surface area contributed by atoms with Gasteiger partial charge in [-0.05, 0) is 92.7 Å². The van der Waals surface area contributed by atoms with E-state index in [0.29, 0.717) is 35.9 Å². The highest BCUT2D eigenvalue weighted by atomic mass is 19.3. The van der Waals surface area contributed by atoms with Crippen LogP contribution in [0.25, 0.3) is 22.2 Å². The number of nitrogens with one attached hydrogen (secondary N) is 2. The fraction of sp³-hybridized carbons (Fsp3) is 0.562. The van der Waals surface area contributed by atoms with Crippen molar-refractivity contribution in [3.63, 3.8) is 0 Å². The molecule has 3 fully saturated rings. The molecule has 2 aliphatic carbocycles. The van der Waals surface area contributed by atoms with Crippen molar-refractivity contribution in [3.8, 4) is 11.1 Å². The Balaban J connectivity index is 1.19. The second-order valence-corrected chi connectivity index (χ2v) is 12.3. The highest BCUT2D eigenvalue weighted by Crippen LogP contribution is 2.46. The number of amides is 1. The van der Waals surface area contributed by atoms with E-state index in [1.165, 1.54) is 0 Å². The van der Waals surface area contributed by atoms with Gasteiger partial charge in [-0.25, -0.2) is 13.6 Å². The van der Waals surface area contributed by atoms with Gasteiger partial charge in [-0.15, -0.1) is 0 Å². The Morgan fingerprint density at radius 1 is 1.15 bits per heavy atom. The zero-order chi connectivity index (χ0) is 28.7. The van der Waals surface area contributed by atoms with Crippen molar-refractivity contribution in [2.75, 3.05) is 13.1 Å². The highest BCUT2D eigenvalue weighted by molar-refractivity contribution is 5.84. The van der Waals surface area contributed by atoms with Gasteiger partial charge in [0.1, 0.15) is 6.04 Å². The standard InChI is InChI=1S/C32H39F2N3O4/c1-19(2)37-15-12-23(13-16-37)40-26-7-4-14-32(33,34)30(26)36-28(38)18-22-5-3-6-24(29(22)20-8-9-20)21-10-11-25-27(17-21)41-31(39)35-25/h3,5-6,10-11,17,19-20,23,26,30H,4,7-9,12-16,18H2,1-2H3,(H,35,39)(H,36,38)/t26-,30+/m0/s1. The summed E-state index contributed by atoms with van der Waals surface area (Å²) >= 11 is 0. The van der Waals surface area contributed by atoms with Crippen molar-refractivity contribution in [3.05, 3.63) is 58.1 Å². The molecule has 3 aromatic rings. The lowest BCUT2D eigenvalue weighted by atomic mass is 9.87. The molecule has 0 radical (unpaired) electrons. The summed E-state index contributed by atoms with van der Waals surface area (Å²) in [4.78, 5) is 30.1. The van der Waals surface area contributed by atoms with Crippen LogP contribution in [0.5, 0.6) is 0 Å². The minimum atomic E-state index is -3.02. The molecule has 2 atom stereocenters. The number of oxazole rings is 1. The number of aromatic amines is 1. The van der Waals surface area contributed by atoms with E-state index in [1.807, 2.05) is 36.4 Å². The van der Waals surface area contributed by atoms with E-state index >= 15 is 8.78 Å². The van der Waals surface area contributed by atoms with Crippen molar-refractivity contribution < 1.29 is 22.7 Å². The average Bonchev–Trinajstić information content (AvgIpc) is 3.70. The number of H-pyrrole nitrogens is 1. The van der Waals surface area contributed by atoms with Crippen LogP contribution >= 0.6 is 0 Å². The molecule has 2 saturated carbocycles. The third-order valence-electron chi connectivity index (χ3n) is 8.98. The van der Waals surface area contributed by atoms with Crippen LogP contribution in [0.1, 0.15) is 75.8 Å². The largest absolute Gasteiger partial charge is 0.417 e. The van der Waals surface area contributed by atoms with E-state index in [2.05, 4.69) is 29.0 Å². The molecule has 2 N–H and O–H groups in total. The Morgan fingerprint density at radius 2 is 1.93 bits per heavy atom. The Labute approximate surface area is 238 Å². The number of hydrogen-bond donors (Lipinski definition) is 2.